The molecule has 0 fully saturated rings. The molecular formula is C16H22N4O2. The molecule has 2 rings (SSSR count). The molecule has 2 N–H and O–H groups in total. The van der Waals surface area contributed by atoms with Crippen LogP contribution in [-0.2, 0) is 17.8 Å². The molecule has 0 atom stereocenters. The van der Waals surface area contributed by atoms with Gasteiger partial charge >= 0.3 is 0 Å². The summed E-state index contributed by atoms with van der Waals surface area (Å²) >= 11 is 0. The first-order chi connectivity index (χ1) is 10.7. The Morgan fingerprint density at radius 3 is 2.73 bits per heavy atom. The van der Waals surface area contributed by atoms with E-state index in [0.717, 1.165) is 12.0 Å². The van der Waals surface area contributed by atoms with E-state index < -0.39 is 0 Å². The first-order valence-electron chi connectivity index (χ1n) is 7.50. The van der Waals surface area contributed by atoms with Gasteiger partial charge in [0.05, 0.1) is 0 Å². The molecule has 1 amide bonds. The number of amides is 1. The maximum atomic E-state index is 12.4. The number of aromatic nitrogens is 2. The number of aryl methyl sites for hydroxylation is 2. The van der Waals surface area contributed by atoms with Crippen LogP contribution in [0.5, 0.6) is 0 Å². The summed E-state index contributed by atoms with van der Waals surface area (Å²) in [5.74, 6) is 1.17. The van der Waals surface area contributed by atoms with Crippen molar-refractivity contribution in [3.8, 4) is 0 Å². The van der Waals surface area contributed by atoms with Crippen molar-refractivity contribution in [2.45, 2.75) is 32.7 Å². The van der Waals surface area contributed by atoms with E-state index in [9.17, 15) is 4.79 Å². The summed E-state index contributed by atoms with van der Waals surface area (Å²) in [6.07, 6.45) is 1.62. The molecule has 6 nitrogen and oxygen atoms in total. The quantitative estimate of drug-likeness (QED) is 0.802. The first kappa shape index (κ1) is 16.2. The Kier molecular flexibility index (Phi) is 6.09. The summed E-state index contributed by atoms with van der Waals surface area (Å²) in [5.41, 5.74) is 6.68. The Morgan fingerprint density at radius 2 is 2.09 bits per heavy atom. The number of nitrogens with two attached hydrogens (primary N) is 1. The van der Waals surface area contributed by atoms with Gasteiger partial charge in [-0.15, -0.1) is 0 Å². The fourth-order valence-electron chi connectivity index (χ4n) is 2.19. The highest BCUT2D eigenvalue weighted by Crippen LogP contribution is 2.09. The molecule has 0 unspecified atom stereocenters. The molecule has 22 heavy (non-hydrogen) atoms. The molecule has 2 aromatic rings. The second kappa shape index (κ2) is 8.29. The fourth-order valence-corrected chi connectivity index (χ4v) is 2.19. The zero-order valence-electron chi connectivity index (χ0n) is 12.9. The van der Waals surface area contributed by atoms with E-state index in [1.165, 1.54) is 0 Å². The monoisotopic (exact) mass is 302 g/mol. The third-order valence-corrected chi connectivity index (χ3v) is 3.32. The van der Waals surface area contributed by atoms with Gasteiger partial charge in [-0.05, 0) is 25.5 Å². The Morgan fingerprint density at radius 1 is 1.32 bits per heavy atom. The summed E-state index contributed by atoms with van der Waals surface area (Å²) in [4.78, 5) is 18.4. The standard InChI is InChI=1S/C16H22N4O2/c1-13-18-15(22-19-13)8-9-16(21)20(11-5-10-17)12-14-6-3-2-4-7-14/h2-4,6-7H,5,8-12,17H2,1H3. The van der Waals surface area contributed by atoms with Gasteiger partial charge in [0.1, 0.15) is 0 Å². The number of carbonyl (C=O) groups is 1. The summed E-state index contributed by atoms with van der Waals surface area (Å²) in [7, 11) is 0. The van der Waals surface area contributed by atoms with Crippen LogP contribution in [0.25, 0.3) is 0 Å². The van der Waals surface area contributed by atoms with Gasteiger partial charge in [0.15, 0.2) is 5.82 Å². The Balaban J connectivity index is 1.93. The summed E-state index contributed by atoms with van der Waals surface area (Å²) in [6.45, 7) is 3.59. The van der Waals surface area contributed by atoms with Gasteiger partial charge in [-0.25, -0.2) is 0 Å². The van der Waals surface area contributed by atoms with E-state index in [2.05, 4.69) is 10.1 Å². The van der Waals surface area contributed by atoms with Crippen molar-refractivity contribution in [3.05, 3.63) is 47.6 Å². The highest BCUT2D eigenvalue weighted by atomic mass is 16.5. The molecule has 0 spiro atoms. The number of carbonyl (C=O) groups excluding carboxylic acids is 1. The molecule has 1 heterocycles. The molecule has 0 saturated carbocycles. The van der Waals surface area contributed by atoms with Gasteiger partial charge in [-0.1, -0.05) is 35.5 Å². The SMILES string of the molecule is Cc1noc(CCC(=O)N(CCCN)Cc2ccccc2)n1. The molecule has 0 aliphatic carbocycles. The van der Waals surface area contributed by atoms with E-state index >= 15 is 0 Å². The van der Waals surface area contributed by atoms with Crippen LogP contribution in [0.2, 0.25) is 0 Å². The van der Waals surface area contributed by atoms with Crippen LogP contribution >= 0.6 is 0 Å². The van der Waals surface area contributed by atoms with Crippen LogP contribution < -0.4 is 5.73 Å². The topological polar surface area (TPSA) is 85.2 Å². The van der Waals surface area contributed by atoms with Crippen LogP contribution in [0.15, 0.2) is 34.9 Å². The van der Waals surface area contributed by atoms with Crippen LogP contribution in [0.1, 0.15) is 30.1 Å². The van der Waals surface area contributed by atoms with Crippen molar-refractivity contribution in [1.29, 1.82) is 0 Å². The minimum absolute atomic E-state index is 0.0770. The molecule has 6 heteroatoms. The van der Waals surface area contributed by atoms with Crippen LogP contribution in [0.4, 0.5) is 0 Å². The van der Waals surface area contributed by atoms with Crippen LogP contribution in [0, 0.1) is 6.92 Å². The molecule has 1 aromatic heterocycles. The van der Waals surface area contributed by atoms with Gasteiger partial charge in [-0.2, -0.15) is 4.98 Å². The number of hydrogen-bond acceptors (Lipinski definition) is 5. The summed E-state index contributed by atoms with van der Waals surface area (Å²) < 4.78 is 5.04. The Labute approximate surface area is 130 Å². The van der Waals surface area contributed by atoms with Crippen molar-refractivity contribution in [2.24, 2.45) is 5.73 Å². The smallest absolute Gasteiger partial charge is 0.227 e. The zero-order valence-corrected chi connectivity index (χ0v) is 12.9. The average molecular weight is 302 g/mol. The van der Waals surface area contributed by atoms with Crippen LogP contribution in [0.3, 0.4) is 0 Å². The van der Waals surface area contributed by atoms with Crippen LogP contribution in [-0.4, -0.2) is 34.0 Å². The van der Waals surface area contributed by atoms with E-state index in [4.69, 9.17) is 10.3 Å². The summed E-state index contributed by atoms with van der Waals surface area (Å²) in [6, 6.07) is 9.95. The lowest BCUT2D eigenvalue weighted by Gasteiger charge is -2.22. The molecule has 0 saturated heterocycles. The fraction of sp³-hybridized carbons (Fsp3) is 0.438. The molecule has 1 aromatic carbocycles. The van der Waals surface area contributed by atoms with Crippen molar-refractivity contribution >= 4 is 5.91 Å². The third kappa shape index (κ3) is 4.96. The second-order valence-electron chi connectivity index (χ2n) is 5.18. The minimum Gasteiger partial charge on any atom is -0.339 e. The molecule has 0 radical (unpaired) electrons. The summed E-state index contributed by atoms with van der Waals surface area (Å²) in [5, 5.41) is 3.73. The third-order valence-electron chi connectivity index (χ3n) is 3.32. The highest BCUT2D eigenvalue weighted by Gasteiger charge is 2.15. The lowest BCUT2D eigenvalue weighted by atomic mass is 10.2. The van der Waals surface area contributed by atoms with Crippen molar-refractivity contribution < 1.29 is 9.32 Å². The normalized spacial score (nSPS) is 10.6. The van der Waals surface area contributed by atoms with Crippen molar-refractivity contribution in [1.82, 2.24) is 15.0 Å². The van der Waals surface area contributed by atoms with E-state index in [1.807, 2.05) is 35.2 Å². The number of benzene rings is 1. The first-order valence-corrected chi connectivity index (χ1v) is 7.50. The lowest BCUT2D eigenvalue weighted by molar-refractivity contribution is -0.131. The molecule has 0 bridgehead atoms. The minimum atomic E-state index is 0.0770. The van der Waals surface area contributed by atoms with E-state index in [-0.39, 0.29) is 5.91 Å². The maximum absolute atomic E-state index is 12.4. The number of rotatable bonds is 8. The Bertz CT molecular complexity index is 583. The van der Waals surface area contributed by atoms with Gasteiger partial charge in [-0.3, -0.25) is 4.79 Å². The van der Waals surface area contributed by atoms with Gasteiger partial charge < -0.3 is 15.2 Å². The lowest BCUT2D eigenvalue weighted by Crippen LogP contribution is -2.32. The van der Waals surface area contributed by atoms with Gasteiger partial charge in [0, 0.05) is 25.9 Å². The predicted molar refractivity (Wildman–Crippen MR) is 82.9 cm³/mol. The van der Waals surface area contributed by atoms with Gasteiger partial charge in [0.2, 0.25) is 11.8 Å². The highest BCUT2D eigenvalue weighted by molar-refractivity contribution is 5.76. The zero-order chi connectivity index (χ0) is 15.8. The maximum Gasteiger partial charge on any atom is 0.227 e. The van der Waals surface area contributed by atoms with Gasteiger partial charge in [0.25, 0.3) is 0 Å². The second-order valence-corrected chi connectivity index (χ2v) is 5.18. The molecule has 118 valence electrons. The number of nitrogens with zero attached hydrogens (tertiary/aromatic N) is 3. The van der Waals surface area contributed by atoms with Crippen molar-refractivity contribution in [3.63, 3.8) is 0 Å². The van der Waals surface area contributed by atoms with E-state index in [0.29, 0.717) is 44.2 Å². The Hall–Kier alpha value is -2.21. The molecule has 0 aliphatic heterocycles. The number of hydrogen-bond donors (Lipinski definition) is 1. The predicted octanol–water partition coefficient (Wildman–Crippen LogP) is 1.69. The largest absolute Gasteiger partial charge is 0.339 e. The molecular weight excluding hydrogens is 280 g/mol. The molecule has 0 aliphatic rings. The average Bonchev–Trinajstić information content (AvgIpc) is 2.95. The van der Waals surface area contributed by atoms with Crippen molar-refractivity contribution in [2.75, 3.05) is 13.1 Å². The van der Waals surface area contributed by atoms with E-state index in [1.54, 1.807) is 6.92 Å².